The highest BCUT2D eigenvalue weighted by Crippen LogP contribution is 2.35. The Morgan fingerprint density at radius 3 is 2.61 bits per heavy atom. The molecule has 4 aromatic rings. The summed E-state index contributed by atoms with van der Waals surface area (Å²) in [7, 11) is -3.98. The van der Waals surface area contributed by atoms with E-state index in [0.29, 0.717) is 16.9 Å². The number of rotatable bonds is 9. The van der Waals surface area contributed by atoms with E-state index in [-0.39, 0.29) is 32.0 Å². The molecule has 13 heteroatoms. The first-order valence-corrected chi connectivity index (χ1v) is 15.2. The lowest BCUT2D eigenvalue weighted by Crippen LogP contribution is -2.22. The van der Waals surface area contributed by atoms with Crippen LogP contribution in [0, 0.1) is 5.92 Å². The molecule has 3 N–H and O–H groups in total. The molecule has 196 valence electrons. The van der Waals surface area contributed by atoms with Gasteiger partial charge >= 0.3 is 6.03 Å². The second-order valence-corrected chi connectivity index (χ2v) is 12.7. The second kappa shape index (κ2) is 11.5. The van der Waals surface area contributed by atoms with Gasteiger partial charge in [-0.2, -0.15) is 0 Å². The fourth-order valence-electron chi connectivity index (χ4n) is 4.20. The highest BCUT2D eigenvalue weighted by Gasteiger charge is 2.29. The molecular weight excluding hydrogens is 545 g/mol. The molecule has 1 aliphatic rings. The van der Waals surface area contributed by atoms with Gasteiger partial charge in [-0.3, -0.25) is 15.1 Å². The minimum absolute atomic E-state index is 0.00723. The zero-order valence-corrected chi connectivity index (χ0v) is 22.5. The number of urea groups is 1. The molecule has 10 nitrogen and oxygen atoms in total. The number of thioether (sulfide) groups is 1. The van der Waals surface area contributed by atoms with Gasteiger partial charge in [0.05, 0.1) is 16.9 Å². The quantitative estimate of drug-likeness (QED) is 0.180. The Morgan fingerprint density at radius 1 is 1.08 bits per heavy atom. The lowest BCUT2D eigenvalue weighted by atomic mass is 9.96. The number of H-pyrrole nitrogens is 1. The lowest BCUT2D eigenvalue weighted by Gasteiger charge is -2.13. The number of anilines is 2. The normalized spacial score (nSPS) is 13.9. The van der Waals surface area contributed by atoms with E-state index in [1.807, 2.05) is 30.3 Å². The number of imidazole rings is 1. The average molecular weight is 569 g/mol. The predicted molar refractivity (Wildman–Crippen MR) is 145 cm³/mol. The largest absolute Gasteiger partial charge is 0.335 e. The zero-order chi connectivity index (χ0) is 26.5. The van der Waals surface area contributed by atoms with Gasteiger partial charge < -0.3 is 10.3 Å². The highest BCUT2D eigenvalue weighted by atomic mass is 32.2. The fourth-order valence-corrected chi connectivity index (χ4v) is 7.90. The molecule has 0 bridgehead atoms. The van der Waals surface area contributed by atoms with Crippen molar-refractivity contribution < 1.29 is 18.0 Å². The number of nitrogens with zero attached hydrogens (tertiary/aromatic N) is 3. The summed E-state index contributed by atoms with van der Waals surface area (Å²) >= 11 is 2.28. The summed E-state index contributed by atoms with van der Waals surface area (Å²) in [5.74, 6) is 0.164. The van der Waals surface area contributed by atoms with Crippen LogP contribution in [0.5, 0.6) is 0 Å². The molecule has 1 aliphatic carbocycles. The molecular formula is C25H24N6O4S3. The van der Waals surface area contributed by atoms with Gasteiger partial charge in [-0.25, -0.2) is 23.2 Å². The monoisotopic (exact) mass is 568 g/mol. The van der Waals surface area contributed by atoms with Gasteiger partial charge in [0.15, 0.2) is 15.1 Å². The van der Waals surface area contributed by atoms with Gasteiger partial charge in [0, 0.05) is 41.4 Å². The number of carbonyl (C=O) groups is 2. The first-order valence-electron chi connectivity index (χ1n) is 11.9. The van der Waals surface area contributed by atoms with E-state index in [0.717, 1.165) is 41.9 Å². The number of hydrogen-bond donors (Lipinski definition) is 3. The molecule has 0 aliphatic heterocycles. The number of nitrogens with one attached hydrogen (secondary N) is 3. The number of aromatic nitrogens is 4. The summed E-state index contributed by atoms with van der Waals surface area (Å²) in [5, 5.41) is 5.23. The molecule has 3 heterocycles. The van der Waals surface area contributed by atoms with Crippen molar-refractivity contribution in [2.45, 2.75) is 45.7 Å². The molecule has 1 fully saturated rings. The summed E-state index contributed by atoms with van der Waals surface area (Å²) in [4.78, 5) is 41.8. The Hall–Kier alpha value is -3.55. The van der Waals surface area contributed by atoms with Gasteiger partial charge in [-0.05, 0) is 31.0 Å². The second-order valence-electron chi connectivity index (χ2n) is 8.60. The van der Waals surface area contributed by atoms with Crippen molar-refractivity contribution in [3.05, 3.63) is 72.4 Å². The molecule has 2 amide bonds. The number of amides is 2. The van der Waals surface area contributed by atoms with Crippen molar-refractivity contribution in [1.29, 1.82) is 0 Å². The lowest BCUT2D eigenvalue weighted by molar-refractivity contribution is 0.0923. The Balaban J connectivity index is 1.37. The molecule has 0 unspecified atom stereocenters. The number of Topliss-reactive ketones (excluding diaryl/α,β-unsaturated/α-hetero) is 1. The summed E-state index contributed by atoms with van der Waals surface area (Å²) in [6.07, 6.45) is 9.43. The first kappa shape index (κ1) is 26.1. The number of ketones is 1. The van der Waals surface area contributed by atoms with Crippen LogP contribution in [0.1, 0.15) is 41.7 Å². The van der Waals surface area contributed by atoms with Crippen molar-refractivity contribution in [1.82, 2.24) is 19.9 Å². The maximum atomic E-state index is 13.3. The van der Waals surface area contributed by atoms with E-state index >= 15 is 0 Å². The third-order valence-corrected chi connectivity index (χ3v) is 10.2. The molecule has 0 radical (unpaired) electrons. The van der Waals surface area contributed by atoms with Crippen molar-refractivity contribution in [3.63, 3.8) is 0 Å². The predicted octanol–water partition coefficient (Wildman–Crippen LogP) is 5.40. The van der Waals surface area contributed by atoms with Crippen molar-refractivity contribution in [2.75, 3.05) is 10.6 Å². The van der Waals surface area contributed by atoms with Crippen molar-refractivity contribution >= 4 is 55.6 Å². The van der Waals surface area contributed by atoms with Crippen LogP contribution in [-0.4, -0.2) is 40.2 Å². The number of sulfone groups is 1. The van der Waals surface area contributed by atoms with E-state index in [4.69, 9.17) is 0 Å². The highest BCUT2D eigenvalue weighted by molar-refractivity contribution is 7.98. The maximum Gasteiger partial charge on any atom is 0.325 e. The molecule has 38 heavy (non-hydrogen) atoms. The van der Waals surface area contributed by atoms with Crippen LogP contribution in [0.4, 0.5) is 15.6 Å². The molecule has 1 saturated carbocycles. The van der Waals surface area contributed by atoms with Crippen molar-refractivity contribution in [3.8, 4) is 0 Å². The van der Waals surface area contributed by atoms with Crippen LogP contribution in [0.2, 0.25) is 0 Å². The summed E-state index contributed by atoms with van der Waals surface area (Å²) in [6, 6.07) is 10.5. The van der Waals surface area contributed by atoms with Gasteiger partial charge in [-0.1, -0.05) is 42.4 Å². The Labute approximate surface area is 227 Å². The van der Waals surface area contributed by atoms with Gasteiger partial charge in [0.25, 0.3) is 9.84 Å². The fraction of sp³-hybridized carbons (Fsp3) is 0.240. The Morgan fingerprint density at radius 2 is 1.87 bits per heavy atom. The van der Waals surface area contributed by atoms with Crippen LogP contribution in [0.25, 0.3) is 0 Å². The topological polar surface area (TPSA) is 147 Å². The first-order chi connectivity index (χ1) is 18.4. The van der Waals surface area contributed by atoms with Gasteiger partial charge in [0.1, 0.15) is 0 Å². The molecule has 3 aromatic heterocycles. The van der Waals surface area contributed by atoms with E-state index < -0.39 is 15.9 Å². The maximum absolute atomic E-state index is 13.3. The summed E-state index contributed by atoms with van der Waals surface area (Å²) < 4.78 is 26.5. The molecule has 0 atom stereocenters. The number of benzene rings is 1. The summed E-state index contributed by atoms with van der Waals surface area (Å²) in [5.41, 5.74) is 1.00. The van der Waals surface area contributed by atoms with Gasteiger partial charge in [0.2, 0.25) is 5.16 Å². The van der Waals surface area contributed by atoms with Crippen LogP contribution in [0.3, 0.4) is 0 Å². The van der Waals surface area contributed by atoms with Crippen molar-refractivity contribution in [2.24, 2.45) is 5.92 Å². The van der Waals surface area contributed by atoms with Gasteiger partial charge in [-0.15, -0.1) is 11.8 Å². The molecule has 1 aromatic carbocycles. The molecule has 0 spiro atoms. The van der Waals surface area contributed by atoms with Crippen LogP contribution in [-0.2, 0) is 15.6 Å². The van der Waals surface area contributed by atoms with Crippen LogP contribution >= 0.6 is 23.1 Å². The SMILES string of the molecule is O=C(Nc1nc(CSc2ccccc2)c(S(=O)(=O)c2ncc[nH]2)s1)Nc1ccncc1C(=O)C1CCCC1. The number of aromatic amines is 1. The standard InChI is InChI=1S/C25H24N6O4S3/c32-21(16-6-4-5-7-16)18-14-26-11-10-19(18)29-23(33)31-24-30-20(15-36-17-8-2-1-3-9-17)22(37-24)38(34,35)25-27-12-13-28-25/h1-3,8-14,16H,4-7,15H2,(H,27,28)(H2,26,29,30,31,33). The Bertz CT molecular complexity index is 1530. The molecule has 5 rings (SSSR count). The van der Waals surface area contributed by atoms with E-state index in [1.165, 1.54) is 36.5 Å². The number of thiazole rings is 1. The van der Waals surface area contributed by atoms with E-state index in [9.17, 15) is 18.0 Å². The average Bonchev–Trinajstić information content (AvgIpc) is 3.71. The third-order valence-electron chi connectivity index (χ3n) is 6.03. The summed E-state index contributed by atoms with van der Waals surface area (Å²) in [6.45, 7) is 0. The number of hydrogen-bond acceptors (Lipinski definition) is 9. The minimum Gasteiger partial charge on any atom is -0.335 e. The van der Waals surface area contributed by atoms with E-state index in [1.54, 1.807) is 6.07 Å². The number of pyridine rings is 1. The third kappa shape index (κ3) is 5.79. The molecule has 0 saturated heterocycles. The van der Waals surface area contributed by atoms with E-state index in [2.05, 4.69) is 30.6 Å². The van der Waals surface area contributed by atoms with Crippen LogP contribution in [0.15, 0.2) is 75.4 Å². The number of carbonyl (C=O) groups excluding carboxylic acids is 2. The Kier molecular flexibility index (Phi) is 7.86. The van der Waals surface area contributed by atoms with Crippen LogP contribution < -0.4 is 10.6 Å². The zero-order valence-electron chi connectivity index (χ0n) is 20.1. The smallest absolute Gasteiger partial charge is 0.325 e. The minimum atomic E-state index is -3.98.